The van der Waals surface area contributed by atoms with E-state index in [1.807, 2.05) is 61.5 Å². The first-order valence-electron chi connectivity index (χ1n) is 14.1. The minimum Gasteiger partial charge on any atom is -0.375 e. The maximum atomic E-state index is 13.8. The van der Waals surface area contributed by atoms with Crippen molar-refractivity contribution in [2.45, 2.75) is 38.7 Å². The van der Waals surface area contributed by atoms with Crippen LogP contribution >= 0.6 is 0 Å². The maximum Gasteiger partial charge on any atom is 0.334 e. The number of ether oxygens (including phenoxy) is 1. The van der Waals surface area contributed by atoms with Crippen molar-refractivity contribution in [3.63, 3.8) is 0 Å². The van der Waals surface area contributed by atoms with Crippen LogP contribution in [0.2, 0.25) is 0 Å². The zero-order chi connectivity index (χ0) is 29.6. The SMILES string of the molecule is Cc1ccc(COCCN2C[C@H]3N(C(=O)CN(C)N3C(=O)NCc3ccc(F)cc3)[C@@H](Cc3ccccc3)C2=O)cc1. The monoisotopic (exact) mass is 573 g/mol. The molecule has 2 saturated heterocycles. The van der Waals surface area contributed by atoms with E-state index in [2.05, 4.69) is 5.32 Å². The lowest BCUT2D eigenvalue weighted by Crippen LogP contribution is -2.76. The highest BCUT2D eigenvalue weighted by atomic mass is 19.1. The molecule has 0 aliphatic carbocycles. The van der Waals surface area contributed by atoms with Crippen molar-refractivity contribution in [2.24, 2.45) is 0 Å². The van der Waals surface area contributed by atoms with Crippen molar-refractivity contribution in [3.8, 4) is 0 Å². The summed E-state index contributed by atoms with van der Waals surface area (Å²) in [5.74, 6) is -0.734. The summed E-state index contributed by atoms with van der Waals surface area (Å²) in [7, 11) is 1.68. The summed E-state index contributed by atoms with van der Waals surface area (Å²) >= 11 is 0. The Morgan fingerprint density at radius 2 is 1.64 bits per heavy atom. The molecule has 220 valence electrons. The second-order valence-electron chi connectivity index (χ2n) is 10.8. The van der Waals surface area contributed by atoms with Crippen LogP contribution in [0.5, 0.6) is 0 Å². The Hall–Kier alpha value is -4.28. The molecule has 0 unspecified atom stereocenters. The summed E-state index contributed by atoms with van der Waals surface area (Å²) in [4.78, 5) is 44.0. The molecular weight excluding hydrogens is 537 g/mol. The van der Waals surface area contributed by atoms with E-state index in [0.717, 1.165) is 16.7 Å². The van der Waals surface area contributed by atoms with E-state index >= 15 is 0 Å². The van der Waals surface area contributed by atoms with Crippen LogP contribution in [0.1, 0.15) is 22.3 Å². The first-order chi connectivity index (χ1) is 20.3. The zero-order valence-electron chi connectivity index (χ0n) is 23.9. The highest BCUT2D eigenvalue weighted by Gasteiger charge is 2.50. The van der Waals surface area contributed by atoms with Crippen molar-refractivity contribution in [2.75, 3.05) is 33.3 Å². The lowest BCUT2D eigenvalue weighted by Gasteiger charge is -2.54. The van der Waals surface area contributed by atoms with Gasteiger partial charge in [-0.3, -0.25) is 9.59 Å². The second kappa shape index (κ2) is 13.1. The van der Waals surface area contributed by atoms with E-state index in [1.165, 1.54) is 22.7 Å². The van der Waals surface area contributed by atoms with Crippen LogP contribution in [0.25, 0.3) is 0 Å². The quantitative estimate of drug-likeness (QED) is 0.397. The number of fused-ring (bicyclic) bond motifs is 1. The molecule has 0 radical (unpaired) electrons. The van der Waals surface area contributed by atoms with Crippen LogP contribution in [-0.2, 0) is 33.9 Å². The Bertz CT molecular complexity index is 1390. The average Bonchev–Trinajstić information content (AvgIpc) is 2.98. The van der Waals surface area contributed by atoms with Gasteiger partial charge in [0.1, 0.15) is 18.0 Å². The number of piperazine rings is 1. The summed E-state index contributed by atoms with van der Waals surface area (Å²) < 4.78 is 19.3. The Morgan fingerprint density at radius 1 is 0.952 bits per heavy atom. The topological polar surface area (TPSA) is 85.4 Å². The third-order valence-corrected chi connectivity index (χ3v) is 7.67. The number of aryl methyl sites for hydroxylation is 1. The highest BCUT2D eigenvalue weighted by molar-refractivity contribution is 5.91. The molecule has 0 spiro atoms. The average molecular weight is 574 g/mol. The van der Waals surface area contributed by atoms with Gasteiger partial charge in [0.2, 0.25) is 11.8 Å². The van der Waals surface area contributed by atoms with Gasteiger partial charge in [0.05, 0.1) is 26.3 Å². The van der Waals surface area contributed by atoms with E-state index in [-0.39, 0.29) is 37.3 Å². The molecule has 2 aliphatic rings. The van der Waals surface area contributed by atoms with Gasteiger partial charge in [0.25, 0.3) is 0 Å². The van der Waals surface area contributed by atoms with Crippen LogP contribution in [-0.4, -0.2) is 83.2 Å². The molecule has 0 aromatic heterocycles. The largest absolute Gasteiger partial charge is 0.375 e. The Morgan fingerprint density at radius 3 is 2.36 bits per heavy atom. The summed E-state index contributed by atoms with van der Waals surface area (Å²) in [6, 6.07) is 22.4. The van der Waals surface area contributed by atoms with E-state index in [9.17, 15) is 18.8 Å². The maximum absolute atomic E-state index is 13.8. The molecule has 5 rings (SSSR count). The molecule has 3 aromatic rings. The number of likely N-dealkylation sites (N-methyl/N-ethyl adjacent to an activating group) is 1. The number of hydrogen-bond donors (Lipinski definition) is 1. The normalized spacial score (nSPS) is 19.2. The van der Waals surface area contributed by atoms with Gasteiger partial charge in [-0.25, -0.2) is 19.2 Å². The Kier molecular flexibility index (Phi) is 9.14. The predicted molar refractivity (Wildman–Crippen MR) is 155 cm³/mol. The summed E-state index contributed by atoms with van der Waals surface area (Å²) in [6.07, 6.45) is -0.370. The summed E-state index contributed by atoms with van der Waals surface area (Å²) in [6.45, 7) is 3.38. The molecule has 2 atom stereocenters. The van der Waals surface area contributed by atoms with Crippen LogP contribution in [0.3, 0.4) is 0 Å². The number of urea groups is 1. The molecule has 4 amide bonds. The zero-order valence-corrected chi connectivity index (χ0v) is 23.9. The summed E-state index contributed by atoms with van der Waals surface area (Å²) in [5, 5.41) is 5.99. The number of amides is 4. The summed E-state index contributed by atoms with van der Waals surface area (Å²) in [5.41, 5.74) is 3.88. The minimum absolute atomic E-state index is 0.0430. The van der Waals surface area contributed by atoms with Gasteiger partial charge >= 0.3 is 6.03 Å². The number of rotatable bonds is 9. The molecule has 9 nitrogen and oxygen atoms in total. The number of halogens is 1. The van der Waals surface area contributed by atoms with Crippen molar-refractivity contribution >= 4 is 17.8 Å². The molecule has 3 aromatic carbocycles. The third-order valence-electron chi connectivity index (χ3n) is 7.67. The van der Waals surface area contributed by atoms with Crippen LogP contribution < -0.4 is 5.32 Å². The second-order valence-corrected chi connectivity index (χ2v) is 10.8. The fourth-order valence-corrected chi connectivity index (χ4v) is 5.45. The number of nitrogens with zero attached hydrogens (tertiary/aromatic N) is 4. The van der Waals surface area contributed by atoms with Crippen LogP contribution in [0, 0.1) is 12.7 Å². The fourth-order valence-electron chi connectivity index (χ4n) is 5.45. The predicted octanol–water partition coefficient (Wildman–Crippen LogP) is 3.33. The lowest BCUT2D eigenvalue weighted by molar-refractivity contribution is -0.187. The van der Waals surface area contributed by atoms with Gasteiger partial charge in [-0.15, -0.1) is 0 Å². The molecule has 0 bridgehead atoms. The van der Waals surface area contributed by atoms with Crippen molar-refractivity contribution in [1.82, 2.24) is 25.1 Å². The van der Waals surface area contributed by atoms with E-state index in [4.69, 9.17) is 4.74 Å². The van der Waals surface area contributed by atoms with Gasteiger partial charge in [0.15, 0.2) is 0 Å². The first kappa shape index (κ1) is 29.2. The molecule has 1 N–H and O–H groups in total. The number of hydrogen-bond acceptors (Lipinski definition) is 5. The van der Waals surface area contributed by atoms with Crippen molar-refractivity contribution < 1.29 is 23.5 Å². The van der Waals surface area contributed by atoms with Gasteiger partial charge in [-0.2, -0.15) is 0 Å². The number of benzene rings is 3. The number of carbonyl (C=O) groups is 3. The molecule has 42 heavy (non-hydrogen) atoms. The fraction of sp³-hybridized carbons (Fsp3) is 0.344. The van der Waals surface area contributed by atoms with E-state index < -0.39 is 18.2 Å². The third kappa shape index (κ3) is 6.78. The van der Waals surface area contributed by atoms with Gasteiger partial charge < -0.3 is 19.9 Å². The molecule has 2 heterocycles. The molecule has 2 fully saturated rings. The van der Waals surface area contributed by atoms with Crippen molar-refractivity contribution in [1.29, 1.82) is 0 Å². The van der Waals surface area contributed by atoms with E-state index in [1.54, 1.807) is 34.0 Å². The molecular formula is C32H36FN5O4. The highest BCUT2D eigenvalue weighted by Crippen LogP contribution is 2.27. The first-order valence-corrected chi connectivity index (χ1v) is 14.1. The standard InChI is InChI=1S/C32H36FN5O4/c1-23-8-10-26(11-9-23)22-42-17-16-36-20-29-37(28(31(36)40)18-24-6-4-3-5-7-24)30(39)21-35(2)38(29)32(41)34-19-25-12-14-27(33)15-13-25/h3-15,28-29H,16-22H2,1-2H3,(H,34,41)/t28-,29-/m0/s1. The lowest BCUT2D eigenvalue weighted by atomic mass is 9.99. The van der Waals surface area contributed by atoms with Crippen LogP contribution in [0.15, 0.2) is 78.9 Å². The van der Waals surface area contributed by atoms with Crippen molar-refractivity contribution in [3.05, 3.63) is 107 Å². The Labute approximate surface area is 245 Å². The smallest absolute Gasteiger partial charge is 0.334 e. The Balaban J connectivity index is 1.34. The van der Waals surface area contributed by atoms with Gasteiger partial charge in [0, 0.05) is 26.6 Å². The molecule has 0 saturated carbocycles. The molecule has 10 heteroatoms. The van der Waals surface area contributed by atoms with E-state index in [0.29, 0.717) is 26.2 Å². The number of hydrazine groups is 1. The molecule has 2 aliphatic heterocycles. The number of nitrogens with one attached hydrogen (secondary N) is 1. The van der Waals surface area contributed by atoms with Gasteiger partial charge in [-0.05, 0) is 35.7 Å². The van der Waals surface area contributed by atoms with Crippen LogP contribution in [0.4, 0.5) is 9.18 Å². The van der Waals surface area contributed by atoms with Gasteiger partial charge in [-0.1, -0.05) is 72.3 Å². The minimum atomic E-state index is -0.767. The number of carbonyl (C=O) groups excluding carboxylic acids is 3.